The first kappa shape index (κ1) is 34.4. The molecule has 3 aliphatic carbocycles. The van der Waals surface area contributed by atoms with Gasteiger partial charge in [0.1, 0.15) is 6.10 Å². The van der Waals surface area contributed by atoms with E-state index in [1.165, 1.54) is 61.3 Å². The molecular formula is C38H44F3N5O4S. The molecule has 2 aromatic carbocycles. The van der Waals surface area contributed by atoms with Crippen molar-refractivity contribution < 1.29 is 31.1 Å². The first-order valence-corrected chi connectivity index (χ1v) is 19.6. The molecule has 8 rings (SSSR count). The Morgan fingerprint density at radius 2 is 1.65 bits per heavy atom. The number of alkyl halides is 3. The molecule has 1 amide bonds. The van der Waals surface area contributed by atoms with Gasteiger partial charge in [-0.05, 0) is 93.5 Å². The van der Waals surface area contributed by atoms with E-state index in [4.69, 9.17) is 4.74 Å². The lowest BCUT2D eigenvalue weighted by molar-refractivity contribution is -0.189. The van der Waals surface area contributed by atoms with Gasteiger partial charge in [-0.15, -0.1) is 0 Å². The van der Waals surface area contributed by atoms with Crippen LogP contribution in [0.25, 0.3) is 11.3 Å². The molecule has 4 fully saturated rings. The van der Waals surface area contributed by atoms with Crippen LogP contribution in [0.2, 0.25) is 0 Å². The second-order valence-electron chi connectivity index (χ2n) is 15.6. The molecule has 5 aliphatic rings. The Balaban J connectivity index is 1.22. The van der Waals surface area contributed by atoms with E-state index in [0.717, 1.165) is 29.5 Å². The third kappa shape index (κ3) is 6.38. The van der Waals surface area contributed by atoms with Crippen molar-refractivity contribution in [1.29, 1.82) is 0 Å². The number of fused-ring (bicyclic) bond motifs is 5. The van der Waals surface area contributed by atoms with Gasteiger partial charge in [0.05, 0.1) is 22.0 Å². The third-order valence-corrected chi connectivity index (χ3v) is 13.6. The fourth-order valence-electron chi connectivity index (χ4n) is 9.16. The molecule has 1 saturated heterocycles. The predicted molar refractivity (Wildman–Crippen MR) is 186 cm³/mol. The highest BCUT2D eigenvalue weighted by atomic mass is 32.2. The van der Waals surface area contributed by atoms with Crippen molar-refractivity contribution in [2.45, 2.75) is 107 Å². The standard InChI is InChI=1S/C38H44F3N5O4S/c1-24-8-6-9-25(2)33(24)29-19-32-43-35(42-29)44-51(48,49)28-11-7-10-26(18-28)34(47)46(17-16-37(14-15-37)38(39,40)41)30-22-45(23-31(30)50-32)27-20-36(21-27)12-4-3-5-13-36/h6-11,18-19,27,30-31H,3-5,12-17,20-23H2,1-2H3,(H,42,43,44)/t30-,31-/m1/s1. The summed E-state index contributed by atoms with van der Waals surface area (Å²) in [5.74, 6) is -0.568. The van der Waals surface area contributed by atoms with Gasteiger partial charge in [-0.2, -0.15) is 18.2 Å². The Morgan fingerprint density at radius 3 is 2.33 bits per heavy atom. The summed E-state index contributed by atoms with van der Waals surface area (Å²) in [5.41, 5.74) is 1.76. The van der Waals surface area contributed by atoms with E-state index in [-0.39, 0.29) is 48.1 Å². The van der Waals surface area contributed by atoms with Gasteiger partial charge in [-0.3, -0.25) is 9.69 Å². The number of likely N-dealkylation sites (tertiary alicyclic amines) is 1. The number of nitrogens with one attached hydrogen (secondary N) is 1. The zero-order valence-corrected chi connectivity index (χ0v) is 29.8. The number of aromatic nitrogens is 2. The average Bonchev–Trinajstić information content (AvgIpc) is 3.78. The van der Waals surface area contributed by atoms with Gasteiger partial charge in [-0.25, -0.2) is 18.1 Å². The Kier molecular flexibility index (Phi) is 8.40. The van der Waals surface area contributed by atoms with Gasteiger partial charge < -0.3 is 9.64 Å². The van der Waals surface area contributed by atoms with E-state index >= 15 is 0 Å². The summed E-state index contributed by atoms with van der Waals surface area (Å²) in [7, 11) is -4.27. The largest absolute Gasteiger partial charge is 0.471 e. The maximum Gasteiger partial charge on any atom is 0.394 e. The molecular weight excluding hydrogens is 680 g/mol. The van der Waals surface area contributed by atoms with Gasteiger partial charge in [0.25, 0.3) is 15.9 Å². The molecule has 3 saturated carbocycles. The summed E-state index contributed by atoms with van der Waals surface area (Å²) in [6, 6.07) is 12.9. The minimum absolute atomic E-state index is 0.0314. The van der Waals surface area contributed by atoms with Crippen molar-refractivity contribution in [3.05, 3.63) is 65.2 Å². The number of ether oxygens (including phenoxy) is 1. The summed E-state index contributed by atoms with van der Waals surface area (Å²) < 4.78 is 79.2. The molecule has 51 heavy (non-hydrogen) atoms. The van der Waals surface area contributed by atoms with Gasteiger partial charge in [0.2, 0.25) is 11.8 Å². The molecule has 272 valence electrons. The number of halogens is 3. The number of aryl methyl sites for hydroxylation is 2. The lowest BCUT2D eigenvalue weighted by atomic mass is 9.58. The van der Waals surface area contributed by atoms with Crippen molar-refractivity contribution in [3.63, 3.8) is 0 Å². The number of sulfonamides is 1. The molecule has 2 aliphatic heterocycles. The van der Waals surface area contributed by atoms with Crippen LogP contribution < -0.4 is 9.46 Å². The van der Waals surface area contributed by atoms with Gasteiger partial charge >= 0.3 is 6.18 Å². The summed E-state index contributed by atoms with van der Waals surface area (Å²) in [4.78, 5) is 27.3. The minimum Gasteiger partial charge on any atom is -0.471 e. The van der Waals surface area contributed by atoms with Crippen LogP contribution in [0.3, 0.4) is 0 Å². The summed E-state index contributed by atoms with van der Waals surface area (Å²) in [6.07, 6.45) is 3.16. The summed E-state index contributed by atoms with van der Waals surface area (Å²) in [6.45, 7) is 4.66. The first-order chi connectivity index (χ1) is 24.2. The molecule has 1 N–H and O–H groups in total. The van der Waals surface area contributed by atoms with E-state index in [0.29, 0.717) is 30.2 Å². The van der Waals surface area contributed by atoms with Gasteiger partial charge in [-0.1, -0.05) is 43.5 Å². The van der Waals surface area contributed by atoms with Crippen molar-refractivity contribution in [2.75, 3.05) is 24.4 Å². The van der Waals surface area contributed by atoms with E-state index in [2.05, 4.69) is 19.6 Å². The first-order valence-electron chi connectivity index (χ1n) is 18.1. The zero-order chi connectivity index (χ0) is 35.8. The number of carbonyl (C=O) groups excluding carboxylic acids is 1. The number of hydrogen-bond donors (Lipinski definition) is 1. The highest BCUT2D eigenvalue weighted by Crippen LogP contribution is 2.60. The Hall–Kier alpha value is -3.71. The monoisotopic (exact) mass is 723 g/mol. The molecule has 4 bridgehead atoms. The van der Waals surface area contributed by atoms with Crippen molar-refractivity contribution in [1.82, 2.24) is 19.8 Å². The normalized spacial score (nSPS) is 25.4. The van der Waals surface area contributed by atoms with Crippen molar-refractivity contribution in [2.24, 2.45) is 10.8 Å². The molecule has 9 nitrogen and oxygen atoms in total. The van der Waals surface area contributed by atoms with Crippen LogP contribution in [0, 0.1) is 24.7 Å². The summed E-state index contributed by atoms with van der Waals surface area (Å²) >= 11 is 0. The van der Waals surface area contributed by atoms with Crippen LogP contribution in [-0.2, 0) is 10.0 Å². The Bertz CT molecular complexity index is 1930. The second-order valence-corrected chi connectivity index (χ2v) is 17.3. The van der Waals surface area contributed by atoms with Crippen LogP contribution in [0.5, 0.6) is 5.88 Å². The molecule has 1 aromatic heterocycles. The van der Waals surface area contributed by atoms with Crippen molar-refractivity contribution in [3.8, 4) is 17.1 Å². The van der Waals surface area contributed by atoms with Crippen molar-refractivity contribution >= 4 is 21.9 Å². The van der Waals surface area contributed by atoms with Crippen LogP contribution in [0.1, 0.15) is 85.7 Å². The molecule has 0 unspecified atom stereocenters. The predicted octanol–water partition coefficient (Wildman–Crippen LogP) is 7.29. The number of anilines is 1. The SMILES string of the molecule is Cc1cccc(C)c1-c1cc2nc(n1)NS(=O)(=O)c1cccc(c1)C(=O)N(CCC1(C(F)(F)F)CC1)[C@@H]1CN(C3CC4(CCCCC4)C3)C[C@H]1O2. The number of hydrogen-bond acceptors (Lipinski definition) is 7. The lowest BCUT2D eigenvalue weighted by Crippen LogP contribution is -2.52. The quantitative estimate of drug-likeness (QED) is 0.295. The second kappa shape index (κ2) is 12.5. The third-order valence-electron chi connectivity index (χ3n) is 12.3. The highest BCUT2D eigenvalue weighted by molar-refractivity contribution is 7.92. The molecule has 0 radical (unpaired) electrons. The van der Waals surface area contributed by atoms with Crippen LogP contribution in [0.4, 0.5) is 19.1 Å². The van der Waals surface area contributed by atoms with Gasteiger partial charge in [0.15, 0.2) is 0 Å². The summed E-state index contributed by atoms with van der Waals surface area (Å²) in [5, 5.41) is 0. The number of benzene rings is 2. The van der Waals surface area contributed by atoms with Gasteiger partial charge in [0, 0.05) is 42.9 Å². The molecule has 1 spiro atoms. The van der Waals surface area contributed by atoms with E-state index < -0.39 is 39.7 Å². The number of nitrogens with zero attached hydrogens (tertiary/aromatic N) is 4. The Labute approximate surface area is 297 Å². The lowest BCUT2D eigenvalue weighted by Gasteiger charge is -2.53. The average molecular weight is 724 g/mol. The number of carbonyl (C=O) groups is 1. The van der Waals surface area contributed by atoms with Crippen LogP contribution >= 0.6 is 0 Å². The van der Waals surface area contributed by atoms with E-state index in [1.54, 1.807) is 6.07 Å². The van der Waals surface area contributed by atoms with Crippen LogP contribution in [-0.4, -0.2) is 78.1 Å². The fourth-order valence-corrected chi connectivity index (χ4v) is 10.1. The van der Waals surface area contributed by atoms with E-state index in [1.807, 2.05) is 32.0 Å². The smallest absolute Gasteiger partial charge is 0.394 e. The van der Waals surface area contributed by atoms with Crippen LogP contribution in [0.15, 0.2) is 53.4 Å². The fraction of sp³-hybridized carbons (Fsp3) is 0.553. The molecule has 2 atom stereocenters. The number of rotatable bonds is 5. The molecule has 13 heteroatoms. The highest BCUT2D eigenvalue weighted by Gasteiger charge is 2.63. The maximum atomic E-state index is 14.5. The van der Waals surface area contributed by atoms with E-state index in [9.17, 15) is 26.4 Å². The maximum absolute atomic E-state index is 14.5. The Morgan fingerprint density at radius 1 is 0.941 bits per heavy atom. The molecule has 3 aromatic rings. The minimum atomic E-state index is -4.38. The number of amides is 1. The topological polar surface area (TPSA) is 105 Å². The zero-order valence-electron chi connectivity index (χ0n) is 29.0. The molecule has 3 heterocycles.